The second-order valence-electron chi connectivity index (χ2n) is 4.91. The summed E-state index contributed by atoms with van der Waals surface area (Å²) in [5, 5.41) is 16.5. The van der Waals surface area contributed by atoms with Crippen LogP contribution >= 0.6 is 0 Å². The third-order valence-electron chi connectivity index (χ3n) is 3.19. The number of aliphatic carboxylic acids is 1. The van der Waals surface area contributed by atoms with Crippen molar-refractivity contribution in [2.24, 2.45) is 5.14 Å². The molecule has 0 saturated heterocycles. The van der Waals surface area contributed by atoms with Crippen molar-refractivity contribution in [1.82, 2.24) is 5.32 Å². The number of sulfonamides is 1. The number of ether oxygens (including phenoxy) is 1. The largest absolute Gasteiger partial charge is 0.496 e. The van der Waals surface area contributed by atoms with E-state index in [0.29, 0.717) is 6.42 Å². The molecule has 8 nitrogen and oxygen atoms in total. The second-order valence-corrected chi connectivity index (χ2v) is 6.48. The highest BCUT2D eigenvalue weighted by Crippen LogP contribution is 2.22. The minimum Gasteiger partial charge on any atom is -0.496 e. The standard InChI is InChI=1S/C14H20N2O6S/c1-3-4-5-11(14(18)19)16-13(17)10-8-9(23(15,20)21)6-7-12(10)22-2/h6-8,11H,3-5H2,1-2H3,(H,16,17)(H,18,19)(H2,15,20,21). The first-order valence-electron chi connectivity index (χ1n) is 6.95. The van der Waals surface area contributed by atoms with Gasteiger partial charge in [0.25, 0.3) is 5.91 Å². The van der Waals surface area contributed by atoms with Gasteiger partial charge in [-0.2, -0.15) is 0 Å². The van der Waals surface area contributed by atoms with Crippen LogP contribution in [0.3, 0.4) is 0 Å². The fraction of sp³-hybridized carbons (Fsp3) is 0.429. The Bertz CT molecular complexity index is 687. The third kappa shape index (κ3) is 5.22. The van der Waals surface area contributed by atoms with E-state index < -0.39 is 27.9 Å². The molecule has 0 bridgehead atoms. The maximum atomic E-state index is 12.3. The number of unbranched alkanes of at least 4 members (excludes halogenated alkanes) is 1. The summed E-state index contributed by atoms with van der Waals surface area (Å²) in [4.78, 5) is 23.2. The Hall–Kier alpha value is -2.13. The lowest BCUT2D eigenvalue weighted by Crippen LogP contribution is -2.40. The normalized spacial score (nSPS) is 12.5. The van der Waals surface area contributed by atoms with Gasteiger partial charge in [0.05, 0.1) is 17.6 Å². The van der Waals surface area contributed by atoms with Gasteiger partial charge in [0.2, 0.25) is 10.0 Å². The summed E-state index contributed by atoms with van der Waals surface area (Å²) in [5.74, 6) is -1.78. The predicted octanol–water partition coefficient (Wildman–Crippen LogP) is 0.716. The van der Waals surface area contributed by atoms with Crippen LogP contribution in [0, 0.1) is 0 Å². The van der Waals surface area contributed by atoms with Crippen molar-refractivity contribution in [3.05, 3.63) is 23.8 Å². The van der Waals surface area contributed by atoms with Crippen LogP contribution < -0.4 is 15.2 Å². The molecule has 0 fully saturated rings. The van der Waals surface area contributed by atoms with Crippen molar-refractivity contribution < 1.29 is 27.9 Å². The van der Waals surface area contributed by atoms with Crippen molar-refractivity contribution in [1.29, 1.82) is 0 Å². The number of carboxylic acid groups (broad SMARTS) is 1. The summed E-state index contributed by atoms with van der Waals surface area (Å²) in [6.45, 7) is 1.90. The van der Waals surface area contributed by atoms with E-state index in [1.807, 2.05) is 6.92 Å². The van der Waals surface area contributed by atoms with E-state index in [2.05, 4.69) is 5.32 Å². The average Bonchev–Trinajstić information content (AvgIpc) is 2.49. The van der Waals surface area contributed by atoms with Gasteiger partial charge in [0, 0.05) is 0 Å². The lowest BCUT2D eigenvalue weighted by molar-refractivity contribution is -0.139. The van der Waals surface area contributed by atoms with Gasteiger partial charge in [-0.25, -0.2) is 18.4 Å². The number of nitrogens with one attached hydrogen (secondary N) is 1. The quantitative estimate of drug-likeness (QED) is 0.635. The molecule has 1 atom stereocenters. The predicted molar refractivity (Wildman–Crippen MR) is 82.8 cm³/mol. The topological polar surface area (TPSA) is 136 Å². The Morgan fingerprint density at radius 3 is 2.52 bits per heavy atom. The van der Waals surface area contributed by atoms with Gasteiger partial charge in [0.15, 0.2) is 0 Å². The average molecular weight is 344 g/mol. The van der Waals surface area contributed by atoms with Crippen LogP contribution in [-0.4, -0.2) is 38.6 Å². The van der Waals surface area contributed by atoms with E-state index in [1.165, 1.54) is 19.2 Å². The van der Waals surface area contributed by atoms with Crippen molar-refractivity contribution in [3.63, 3.8) is 0 Å². The molecule has 128 valence electrons. The second kappa shape index (κ2) is 7.93. The summed E-state index contributed by atoms with van der Waals surface area (Å²) in [5.41, 5.74) is -0.0956. The number of carboxylic acids is 1. The Morgan fingerprint density at radius 2 is 2.04 bits per heavy atom. The van der Waals surface area contributed by atoms with E-state index in [0.717, 1.165) is 12.5 Å². The summed E-state index contributed by atoms with van der Waals surface area (Å²) < 4.78 is 27.8. The fourth-order valence-electron chi connectivity index (χ4n) is 1.94. The number of hydrogen-bond donors (Lipinski definition) is 3. The highest BCUT2D eigenvalue weighted by atomic mass is 32.2. The number of nitrogens with two attached hydrogens (primary N) is 1. The molecule has 0 saturated carbocycles. The molecule has 1 unspecified atom stereocenters. The number of carbonyl (C=O) groups excluding carboxylic acids is 1. The zero-order valence-corrected chi connectivity index (χ0v) is 13.7. The van der Waals surface area contributed by atoms with Gasteiger partial charge in [-0.3, -0.25) is 4.79 Å². The van der Waals surface area contributed by atoms with Crippen LogP contribution in [0.25, 0.3) is 0 Å². The fourth-order valence-corrected chi connectivity index (χ4v) is 2.48. The lowest BCUT2D eigenvalue weighted by atomic mass is 10.1. The van der Waals surface area contributed by atoms with Crippen LogP contribution in [0.15, 0.2) is 23.1 Å². The number of methoxy groups -OCH3 is 1. The molecular weight excluding hydrogens is 324 g/mol. The van der Waals surface area contributed by atoms with Gasteiger partial charge in [-0.05, 0) is 24.6 Å². The molecule has 1 amide bonds. The molecule has 0 aromatic heterocycles. The van der Waals surface area contributed by atoms with Gasteiger partial charge in [-0.1, -0.05) is 19.8 Å². The minimum atomic E-state index is -3.99. The van der Waals surface area contributed by atoms with Crippen molar-refractivity contribution in [3.8, 4) is 5.75 Å². The third-order valence-corrected chi connectivity index (χ3v) is 4.10. The highest BCUT2D eigenvalue weighted by molar-refractivity contribution is 7.89. The molecule has 1 aromatic carbocycles. The molecule has 1 aromatic rings. The smallest absolute Gasteiger partial charge is 0.326 e. The molecule has 23 heavy (non-hydrogen) atoms. The van der Waals surface area contributed by atoms with E-state index in [4.69, 9.17) is 15.0 Å². The molecule has 0 radical (unpaired) electrons. The summed E-state index contributed by atoms with van der Waals surface area (Å²) >= 11 is 0. The van der Waals surface area contributed by atoms with Crippen LogP contribution in [0.4, 0.5) is 0 Å². The molecule has 4 N–H and O–H groups in total. The molecule has 0 heterocycles. The Labute approximate surface area is 134 Å². The first kappa shape index (κ1) is 18.9. The minimum absolute atomic E-state index is 0.0956. The van der Waals surface area contributed by atoms with Crippen LogP contribution in [0.1, 0.15) is 36.5 Å². The SMILES string of the molecule is CCCCC(NC(=O)c1cc(S(N)(=O)=O)ccc1OC)C(=O)O. The molecule has 0 spiro atoms. The molecule has 1 rings (SSSR count). The Kier molecular flexibility index (Phi) is 6.52. The maximum absolute atomic E-state index is 12.3. The van der Waals surface area contributed by atoms with Gasteiger partial charge in [0.1, 0.15) is 11.8 Å². The van der Waals surface area contributed by atoms with Crippen LogP contribution in [0.2, 0.25) is 0 Å². The summed E-state index contributed by atoms with van der Waals surface area (Å²) in [6, 6.07) is 2.49. The lowest BCUT2D eigenvalue weighted by Gasteiger charge is -2.16. The van der Waals surface area contributed by atoms with Crippen molar-refractivity contribution in [2.75, 3.05) is 7.11 Å². The number of primary sulfonamides is 1. The molecule has 9 heteroatoms. The number of benzene rings is 1. The van der Waals surface area contributed by atoms with E-state index in [1.54, 1.807) is 0 Å². The van der Waals surface area contributed by atoms with Gasteiger partial charge < -0.3 is 15.2 Å². The first-order chi connectivity index (χ1) is 10.7. The molecular formula is C14H20N2O6S. The summed E-state index contributed by atoms with van der Waals surface area (Å²) in [6.07, 6.45) is 1.68. The first-order valence-corrected chi connectivity index (χ1v) is 8.49. The van der Waals surface area contributed by atoms with Crippen LogP contribution in [0.5, 0.6) is 5.75 Å². The zero-order valence-electron chi connectivity index (χ0n) is 12.9. The summed E-state index contributed by atoms with van der Waals surface area (Å²) in [7, 11) is -2.68. The number of rotatable bonds is 8. The molecule has 0 aliphatic carbocycles. The van der Waals surface area contributed by atoms with Gasteiger partial charge >= 0.3 is 5.97 Å². The van der Waals surface area contributed by atoms with E-state index in [9.17, 15) is 18.0 Å². The highest BCUT2D eigenvalue weighted by Gasteiger charge is 2.23. The number of carbonyl (C=O) groups is 2. The Morgan fingerprint density at radius 1 is 1.39 bits per heavy atom. The van der Waals surface area contributed by atoms with Crippen LogP contribution in [-0.2, 0) is 14.8 Å². The zero-order chi connectivity index (χ0) is 17.6. The van der Waals surface area contributed by atoms with Crippen molar-refractivity contribution in [2.45, 2.75) is 37.1 Å². The monoisotopic (exact) mass is 344 g/mol. The van der Waals surface area contributed by atoms with E-state index in [-0.39, 0.29) is 22.6 Å². The van der Waals surface area contributed by atoms with E-state index >= 15 is 0 Å². The molecule has 0 aliphatic rings. The molecule has 0 aliphatic heterocycles. The van der Waals surface area contributed by atoms with Gasteiger partial charge in [-0.15, -0.1) is 0 Å². The Balaban J connectivity index is 3.12. The maximum Gasteiger partial charge on any atom is 0.326 e. The number of amides is 1. The van der Waals surface area contributed by atoms with Crippen molar-refractivity contribution >= 4 is 21.9 Å². The number of hydrogen-bond acceptors (Lipinski definition) is 5.